The molecule has 106 valence electrons. The van der Waals surface area contributed by atoms with Crippen LogP contribution in [0.4, 0.5) is 0 Å². The van der Waals surface area contributed by atoms with Crippen molar-refractivity contribution in [2.24, 2.45) is 0 Å². The van der Waals surface area contributed by atoms with E-state index in [9.17, 15) is 0 Å². The molecule has 21 heavy (non-hydrogen) atoms. The van der Waals surface area contributed by atoms with Crippen LogP contribution >= 0.6 is 0 Å². The standard InChI is InChI=1S/C16H13NO4/c1-9-3-4-12-11(5-9)17-16(21-12)10-6-13(18-2)15-14(7-10)19-8-20-15/h3-7H,8H2,1-2H3. The van der Waals surface area contributed by atoms with Gasteiger partial charge in [0.05, 0.1) is 7.11 Å². The summed E-state index contributed by atoms with van der Waals surface area (Å²) >= 11 is 0. The molecular weight excluding hydrogens is 270 g/mol. The molecule has 0 spiro atoms. The Morgan fingerprint density at radius 2 is 2.05 bits per heavy atom. The predicted molar refractivity (Wildman–Crippen MR) is 76.9 cm³/mol. The molecule has 4 rings (SSSR count). The van der Waals surface area contributed by atoms with Crippen molar-refractivity contribution in [2.75, 3.05) is 13.9 Å². The summed E-state index contributed by atoms with van der Waals surface area (Å²) in [7, 11) is 1.59. The highest BCUT2D eigenvalue weighted by Gasteiger charge is 2.22. The van der Waals surface area contributed by atoms with Gasteiger partial charge >= 0.3 is 0 Å². The average molecular weight is 283 g/mol. The maximum Gasteiger partial charge on any atom is 0.231 e. The summed E-state index contributed by atoms with van der Waals surface area (Å²) in [6.07, 6.45) is 0. The van der Waals surface area contributed by atoms with Gasteiger partial charge in [0.1, 0.15) is 5.52 Å². The Morgan fingerprint density at radius 3 is 2.90 bits per heavy atom. The lowest BCUT2D eigenvalue weighted by molar-refractivity contribution is 0.171. The number of ether oxygens (including phenoxy) is 3. The van der Waals surface area contributed by atoms with E-state index in [0.29, 0.717) is 23.1 Å². The van der Waals surface area contributed by atoms with E-state index >= 15 is 0 Å². The van der Waals surface area contributed by atoms with Gasteiger partial charge in [-0.15, -0.1) is 0 Å². The minimum atomic E-state index is 0.196. The Kier molecular flexibility index (Phi) is 2.54. The summed E-state index contributed by atoms with van der Waals surface area (Å²) in [5.74, 6) is 2.40. The van der Waals surface area contributed by atoms with Crippen molar-refractivity contribution in [3.63, 3.8) is 0 Å². The van der Waals surface area contributed by atoms with Crippen LogP contribution in [0, 0.1) is 6.92 Å². The van der Waals surface area contributed by atoms with Crippen molar-refractivity contribution < 1.29 is 18.6 Å². The molecule has 0 saturated heterocycles. The van der Waals surface area contributed by atoms with Crippen LogP contribution in [-0.2, 0) is 0 Å². The number of nitrogens with zero attached hydrogens (tertiary/aromatic N) is 1. The van der Waals surface area contributed by atoms with Crippen molar-refractivity contribution in [3.05, 3.63) is 35.9 Å². The lowest BCUT2D eigenvalue weighted by Crippen LogP contribution is -1.93. The number of fused-ring (bicyclic) bond motifs is 2. The third kappa shape index (κ3) is 1.89. The van der Waals surface area contributed by atoms with E-state index in [1.807, 2.05) is 37.3 Å². The monoisotopic (exact) mass is 283 g/mol. The van der Waals surface area contributed by atoms with Crippen LogP contribution < -0.4 is 14.2 Å². The van der Waals surface area contributed by atoms with Gasteiger partial charge in [-0.1, -0.05) is 6.07 Å². The van der Waals surface area contributed by atoms with Gasteiger partial charge in [-0.2, -0.15) is 0 Å². The number of oxazole rings is 1. The van der Waals surface area contributed by atoms with E-state index in [2.05, 4.69) is 4.98 Å². The van der Waals surface area contributed by atoms with E-state index in [-0.39, 0.29) is 6.79 Å². The molecule has 2 heterocycles. The molecular formula is C16H13NO4. The normalized spacial score (nSPS) is 12.9. The fraction of sp³-hybridized carbons (Fsp3) is 0.188. The minimum absolute atomic E-state index is 0.196. The Bertz CT molecular complexity index is 838. The number of methoxy groups -OCH3 is 1. The van der Waals surface area contributed by atoms with Gasteiger partial charge in [0.2, 0.25) is 18.4 Å². The number of hydrogen-bond acceptors (Lipinski definition) is 5. The minimum Gasteiger partial charge on any atom is -0.493 e. The Labute approximate surface area is 121 Å². The molecule has 1 aliphatic heterocycles. The maximum absolute atomic E-state index is 5.81. The fourth-order valence-corrected chi connectivity index (χ4v) is 2.41. The van der Waals surface area contributed by atoms with Crippen LogP contribution in [0.2, 0.25) is 0 Å². The third-order valence-electron chi connectivity index (χ3n) is 3.45. The van der Waals surface area contributed by atoms with Crippen LogP contribution in [0.3, 0.4) is 0 Å². The number of aromatic nitrogens is 1. The molecule has 0 aliphatic carbocycles. The molecule has 0 N–H and O–H groups in total. The second-order valence-corrected chi connectivity index (χ2v) is 4.90. The summed E-state index contributed by atoms with van der Waals surface area (Å²) in [4.78, 5) is 4.53. The van der Waals surface area contributed by atoms with Crippen molar-refractivity contribution in [2.45, 2.75) is 6.92 Å². The first-order valence-corrected chi connectivity index (χ1v) is 6.60. The molecule has 0 bridgehead atoms. The molecule has 0 radical (unpaired) electrons. The zero-order chi connectivity index (χ0) is 14.4. The fourth-order valence-electron chi connectivity index (χ4n) is 2.41. The topological polar surface area (TPSA) is 53.7 Å². The molecule has 0 saturated carbocycles. The number of hydrogen-bond donors (Lipinski definition) is 0. The zero-order valence-electron chi connectivity index (χ0n) is 11.7. The molecule has 0 unspecified atom stereocenters. The highest BCUT2D eigenvalue weighted by atomic mass is 16.7. The quantitative estimate of drug-likeness (QED) is 0.720. The Balaban J connectivity index is 1.88. The van der Waals surface area contributed by atoms with Gasteiger partial charge in [-0.05, 0) is 36.8 Å². The highest BCUT2D eigenvalue weighted by molar-refractivity contribution is 5.78. The van der Waals surface area contributed by atoms with E-state index in [4.69, 9.17) is 18.6 Å². The van der Waals surface area contributed by atoms with Crippen LogP contribution in [0.25, 0.3) is 22.6 Å². The third-order valence-corrected chi connectivity index (χ3v) is 3.45. The smallest absolute Gasteiger partial charge is 0.231 e. The summed E-state index contributed by atoms with van der Waals surface area (Å²) < 4.78 is 22.0. The van der Waals surface area contributed by atoms with Crippen LogP contribution in [-0.4, -0.2) is 18.9 Å². The molecule has 5 nitrogen and oxygen atoms in total. The first kappa shape index (κ1) is 12.1. The molecule has 1 aromatic heterocycles. The SMILES string of the molecule is COc1cc(-c2nc3cc(C)ccc3o2)cc2c1OCO2. The lowest BCUT2D eigenvalue weighted by Gasteiger charge is -2.05. The van der Waals surface area contributed by atoms with Gasteiger partial charge in [-0.3, -0.25) is 0 Å². The zero-order valence-corrected chi connectivity index (χ0v) is 11.7. The summed E-state index contributed by atoms with van der Waals surface area (Å²) in [5.41, 5.74) is 3.53. The highest BCUT2D eigenvalue weighted by Crippen LogP contribution is 2.44. The van der Waals surface area contributed by atoms with Crippen LogP contribution in [0.15, 0.2) is 34.7 Å². The first-order valence-electron chi connectivity index (χ1n) is 6.60. The summed E-state index contributed by atoms with van der Waals surface area (Å²) in [6, 6.07) is 9.60. The van der Waals surface area contributed by atoms with Crippen LogP contribution in [0.1, 0.15) is 5.56 Å². The van der Waals surface area contributed by atoms with E-state index < -0.39 is 0 Å². The lowest BCUT2D eigenvalue weighted by atomic mass is 10.2. The van der Waals surface area contributed by atoms with E-state index in [1.165, 1.54) is 0 Å². The average Bonchev–Trinajstić information content (AvgIpc) is 3.11. The van der Waals surface area contributed by atoms with Gasteiger partial charge in [-0.25, -0.2) is 4.98 Å². The number of rotatable bonds is 2. The van der Waals surface area contributed by atoms with Gasteiger partial charge in [0.25, 0.3) is 0 Å². The maximum atomic E-state index is 5.81. The largest absolute Gasteiger partial charge is 0.493 e. The second-order valence-electron chi connectivity index (χ2n) is 4.90. The Morgan fingerprint density at radius 1 is 1.14 bits per heavy atom. The molecule has 2 aromatic carbocycles. The van der Waals surface area contributed by atoms with Crippen molar-refractivity contribution in [3.8, 4) is 28.7 Å². The van der Waals surface area contributed by atoms with E-state index in [1.54, 1.807) is 7.11 Å². The Hall–Kier alpha value is -2.69. The summed E-state index contributed by atoms with van der Waals surface area (Å²) in [5, 5.41) is 0. The molecule has 3 aromatic rings. The van der Waals surface area contributed by atoms with Crippen molar-refractivity contribution in [1.29, 1.82) is 0 Å². The van der Waals surface area contributed by atoms with Gasteiger partial charge in [0.15, 0.2) is 17.1 Å². The van der Waals surface area contributed by atoms with Crippen LogP contribution in [0.5, 0.6) is 17.2 Å². The second kappa shape index (κ2) is 4.41. The molecule has 1 aliphatic rings. The van der Waals surface area contributed by atoms with Crippen molar-refractivity contribution >= 4 is 11.1 Å². The summed E-state index contributed by atoms with van der Waals surface area (Å²) in [6.45, 7) is 2.22. The molecule has 5 heteroatoms. The van der Waals surface area contributed by atoms with Gasteiger partial charge < -0.3 is 18.6 Å². The molecule has 0 atom stereocenters. The molecule has 0 fully saturated rings. The molecule has 0 amide bonds. The predicted octanol–water partition coefficient (Wildman–Crippen LogP) is 3.54. The first-order chi connectivity index (χ1) is 10.2. The number of benzene rings is 2. The van der Waals surface area contributed by atoms with E-state index in [0.717, 1.165) is 22.2 Å². The van der Waals surface area contributed by atoms with Crippen molar-refractivity contribution in [1.82, 2.24) is 4.98 Å². The number of aryl methyl sites for hydroxylation is 1. The van der Waals surface area contributed by atoms with Gasteiger partial charge in [0, 0.05) is 5.56 Å².